The average molecular weight is 675 g/mol. The number of carbonyl (C=O) groups is 1. The van der Waals surface area contributed by atoms with Gasteiger partial charge >= 0.3 is 0 Å². The standard InChI is InChI=1S/C33H47ClN6O7/c1-3-36-31(41)23-29-33-39-38-24(2)40(33)30-9-8-27(22-28(30)32(37-29)25-4-6-26(34)7-5-25)47-21-20-46-19-18-45-17-16-44-15-14-43-13-12-42-11-10-35/h4-9,22,24,29,38H,3,10-21,23,35H2,1-2H3,(H,36,41)/t24?,29-/m0/s1. The first kappa shape index (κ1) is 36.5. The average Bonchev–Trinajstić information content (AvgIpc) is 3.39. The van der Waals surface area contributed by atoms with Crippen LogP contribution in [0, 0.1) is 0 Å². The molecule has 0 fully saturated rings. The van der Waals surface area contributed by atoms with Gasteiger partial charge in [-0.1, -0.05) is 23.7 Å². The Kier molecular flexibility index (Phi) is 15.7. The van der Waals surface area contributed by atoms with Crippen LogP contribution in [0.15, 0.2) is 52.6 Å². The third kappa shape index (κ3) is 11.4. The number of nitrogens with two attached hydrogens (primary N) is 1. The van der Waals surface area contributed by atoms with Crippen molar-refractivity contribution in [2.45, 2.75) is 32.5 Å². The van der Waals surface area contributed by atoms with Crippen molar-refractivity contribution < 1.29 is 33.2 Å². The van der Waals surface area contributed by atoms with Crippen molar-refractivity contribution in [3.05, 3.63) is 58.6 Å². The van der Waals surface area contributed by atoms with E-state index in [0.29, 0.717) is 102 Å². The van der Waals surface area contributed by atoms with Crippen LogP contribution in [0.4, 0.5) is 5.69 Å². The second kappa shape index (κ2) is 20.2. The lowest BCUT2D eigenvalue weighted by Gasteiger charge is -2.27. The molecule has 2 aromatic carbocycles. The molecule has 2 aromatic rings. The number of benzene rings is 2. The summed E-state index contributed by atoms with van der Waals surface area (Å²) < 4.78 is 33.5. The molecule has 47 heavy (non-hydrogen) atoms. The van der Waals surface area contributed by atoms with E-state index >= 15 is 0 Å². The number of nitrogens with zero attached hydrogens (tertiary/aromatic N) is 3. The molecule has 0 aromatic heterocycles. The second-order valence-electron chi connectivity index (χ2n) is 10.7. The molecule has 1 amide bonds. The van der Waals surface area contributed by atoms with E-state index in [1.54, 1.807) is 0 Å². The van der Waals surface area contributed by atoms with Crippen molar-refractivity contribution in [3.8, 4) is 5.75 Å². The molecule has 258 valence electrons. The summed E-state index contributed by atoms with van der Waals surface area (Å²) in [7, 11) is 0. The van der Waals surface area contributed by atoms with Crippen LogP contribution in [0.5, 0.6) is 5.75 Å². The summed E-state index contributed by atoms with van der Waals surface area (Å²) in [5, 5.41) is 8.11. The van der Waals surface area contributed by atoms with Crippen molar-refractivity contribution in [3.63, 3.8) is 0 Å². The normalized spacial score (nSPS) is 16.9. The second-order valence-corrected chi connectivity index (χ2v) is 11.1. The first-order valence-electron chi connectivity index (χ1n) is 16.1. The van der Waals surface area contributed by atoms with Crippen LogP contribution in [0.1, 0.15) is 31.4 Å². The van der Waals surface area contributed by atoms with Gasteiger partial charge < -0.3 is 44.4 Å². The van der Waals surface area contributed by atoms with Crippen LogP contribution in [-0.4, -0.2) is 115 Å². The number of hydrogen-bond donors (Lipinski definition) is 3. The molecule has 14 heteroatoms. The number of ether oxygens (including phenoxy) is 6. The third-order valence-corrected chi connectivity index (χ3v) is 7.43. The van der Waals surface area contributed by atoms with E-state index in [4.69, 9.17) is 50.7 Å². The maximum Gasteiger partial charge on any atom is 0.222 e. The lowest BCUT2D eigenvalue weighted by atomic mass is 9.99. The predicted molar refractivity (Wildman–Crippen MR) is 182 cm³/mol. The fourth-order valence-corrected chi connectivity index (χ4v) is 5.15. The summed E-state index contributed by atoms with van der Waals surface area (Å²) in [6.07, 6.45) is 0.0435. The Balaban J connectivity index is 1.27. The molecular formula is C33H47ClN6O7. The molecule has 0 saturated carbocycles. The fraction of sp³-hybridized carbons (Fsp3) is 0.545. The maximum absolute atomic E-state index is 12.7. The minimum absolute atomic E-state index is 0.0881. The lowest BCUT2D eigenvalue weighted by Crippen LogP contribution is -2.43. The summed E-state index contributed by atoms with van der Waals surface area (Å²) in [5.74, 6) is 1.28. The molecular weight excluding hydrogens is 628 g/mol. The number of amides is 1. The predicted octanol–water partition coefficient (Wildman–Crippen LogP) is 2.58. The van der Waals surface area contributed by atoms with E-state index in [2.05, 4.69) is 20.7 Å². The summed E-state index contributed by atoms with van der Waals surface area (Å²) >= 11 is 6.22. The molecule has 0 saturated heterocycles. The van der Waals surface area contributed by atoms with Gasteiger partial charge in [0, 0.05) is 29.2 Å². The number of fused-ring (bicyclic) bond motifs is 3. The van der Waals surface area contributed by atoms with Crippen LogP contribution in [0.2, 0.25) is 5.02 Å². The Labute approximate surface area is 281 Å². The van der Waals surface area contributed by atoms with Crippen molar-refractivity contribution >= 4 is 34.7 Å². The highest BCUT2D eigenvalue weighted by Crippen LogP contribution is 2.35. The van der Waals surface area contributed by atoms with Gasteiger partial charge in [0.1, 0.15) is 24.6 Å². The van der Waals surface area contributed by atoms with Gasteiger partial charge in [-0.15, -0.1) is 0 Å². The van der Waals surface area contributed by atoms with Crippen molar-refractivity contribution in [1.82, 2.24) is 10.7 Å². The molecule has 2 aliphatic rings. The van der Waals surface area contributed by atoms with E-state index in [0.717, 1.165) is 22.5 Å². The number of hydrazone groups is 1. The van der Waals surface area contributed by atoms with Gasteiger partial charge in [-0.05, 0) is 44.2 Å². The zero-order chi connectivity index (χ0) is 33.3. The molecule has 13 nitrogen and oxygen atoms in total. The minimum atomic E-state index is -0.491. The van der Waals surface area contributed by atoms with Crippen LogP contribution < -0.4 is 26.1 Å². The van der Waals surface area contributed by atoms with E-state index in [9.17, 15) is 4.79 Å². The number of amidine groups is 1. The Morgan fingerprint density at radius 2 is 1.49 bits per heavy atom. The molecule has 4 rings (SSSR count). The Hall–Kier alpha value is -3.30. The highest BCUT2D eigenvalue weighted by atomic mass is 35.5. The lowest BCUT2D eigenvalue weighted by molar-refractivity contribution is -0.121. The van der Waals surface area contributed by atoms with Crippen LogP contribution in [-0.2, 0) is 28.5 Å². The highest BCUT2D eigenvalue weighted by Gasteiger charge is 2.37. The zero-order valence-electron chi connectivity index (χ0n) is 27.3. The monoisotopic (exact) mass is 674 g/mol. The molecule has 4 N–H and O–H groups in total. The number of anilines is 1. The van der Waals surface area contributed by atoms with Gasteiger partial charge in [-0.3, -0.25) is 15.2 Å². The maximum atomic E-state index is 12.7. The topological polar surface area (TPSA) is 150 Å². The first-order chi connectivity index (χ1) is 23.0. The van der Waals surface area contributed by atoms with Gasteiger partial charge in [0.25, 0.3) is 0 Å². The van der Waals surface area contributed by atoms with Crippen LogP contribution in [0.3, 0.4) is 0 Å². The molecule has 0 spiro atoms. The van der Waals surface area contributed by atoms with E-state index in [1.165, 1.54) is 0 Å². The number of carbonyl (C=O) groups excluding carboxylic acids is 1. The molecule has 0 radical (unpaired) electrons. The smallest absolute Gasteiger partial charge is 0.222 e. The SMILES string of the molecule is CCNC(=O)C[C@@H]1N=C(c2ccc(Cl)cc2)c2cc(OCCOCCOCCOCCOCCOCCN)ccc2N2C1=NNC2C. The van der Waals surface area contributed by atoms with Gasteiger partial charge in [0.05, 0.1) is 83.9 Å². The van der Waals surface area contributed by atoms with E-state index in [-0.39, 0.29) is 18.5 Å². The molecule has 2 heterocycles. The van der Waals surface area contributed by atoms with Gasteiger partial charge in [0.2, 0.25) is 5.91 Å². The Morgan fingerprint density at radius 1 is 0.894 bits per heavy atom. The molecule has 0 aliphatic carbocycles. The van der Waals surface area contributed by atoms with Crippen LogP contribution >= 0.6 is 11.6 Å². The van der Waals surface area contributed by atoms with Crippen molar-refractivity contribution in [2.75, 3.05) is 90.7 Å². The molecule has 2 atom stereocenters. The number of rotatable bonds is 22. The largest absolute Gasteiger partial charge is 0.491 e. The van der Waals surface area contributed by atoms with Crippen molar-refractivity contribution in [2.24, 2.45) is 15.8 Å². The highest BCUT2D eigenvalue weighted by molar-refractivity contribution is 6.31. The first-order valence-corrected chi connectivity index (χ1v) is 16.5. The summed E-state index contributed by atoms with van der Waals surface area (Å²) in [6.45, 7) is 10.2. The fourth-order valence-electron chi connectivity index (χ4n) is 5.03. The number of halogens is 1. The molecule has 0 bridgehead atoms. The quantitative estimate of drug-likeness (QED) is 0.159. The third-order valence-electron chi connectivity index (χ3n) is 7.18. The van der Waals surface area contributed by atoms with Crippen LogP contribution in [0.25, 0.3) is 0 Å². The number of aliphatic imine (C=N–C) groups is 1. The summed E-state index contributed by atoms with van der Waals surface area (Å²) in [6, 6.07) is 12.9. The Morgan fingerprint density at radius 3 is 2.09 bits per heavy atom. The van der Waals surface area contributed by atoms with Gasteiger partial charge in [0.15, 0.2) is 5.84 Å². The minimum Gasteiger partial charge on any atom is -0.491 e. The zero-order valence-corrected chi connectivity index (χ0v) is 28.0. The Bertz CT molecular complexity index is 1310. The summed E-state index contributed by atoms with van der Waals surface area (Å²) in [5.41, 5.74) is 11.9. The van der Waals surface area contributed by atoms with Gasteiger partial charge in [-0.2, -0.15) is 5.10 Å². The number of nitrogens with one attached hydrogen (secondary N) is 2. The number of hydrogen-bond acceptors (Lipinski definition) is 12. The molecule has 1 unspecified atom stereocenters. The van der Waals surface area contributed by atoms with Crippen molar-refractivity contribution in [1.29, 1.82) is 0 Å². The summed E-state index contributed by atoms with van der Waals surface area (Å²) in [4.78, 5) is 19.9. The molecule has 2 aliphatic heterocycles. The van der Waals surface area contributed by atoms with Gasteiger partial charge in [-0.25, -0.2) is 0 Å². The van der Waals surface area contributed by atoms with E-state index < -0.39 is 6.04 Å². The van der Waals surface area contributed by atoms with E-state index in [1.807, 2.05) is 56.3 Å².